The van der Waals surface area contributed by atoms with Crippen LogP contribution in [0.5, 0.6) is 0 Å². The van der Waals surface area contributed by atoms with Crippen LogP contribution in [0.25, 0.3) is 0 Å². The molecule has 0 radical (unpaired) electrons. The third kappa shape index (κ3) is 1.91. The summed E-state index contributed by atoms with van der Waals surface area (Å²) in [5.74, 6) is 0.607. The lowest BCUT2D eigenvalue weighted by Gasteiger charge is -2.13. The van der Waals surface area contributed by atoms with Crippen molar-refractivity contribution in [2.75, 3.05) is 0 Å². The number of hydrogen-bond donors (Lipinski definition) is 0. The fraction of sp³-hybridized carbons (Fsp3) is 0.571. The summed E-state index contributed by atoms with van der Waals surface area (Å²) in [5, 5.41) is 0. The molecular formula is C7H9FINO. The summed E-state index contributed by atoms with van der Waals surface area (Å²) < 4.78 is 17.8. The van der Waals surface area contributed by atoms with Crippen LogP contribution in [0.4, 0.5) is 4.39 Å². The maximum absolute atomic E-state index is 12.4. The Morgan fingerprint density at radius 1 is 1.45 bits per heavy atom. The number of oxazole rings is 1. The van der Waals surface area contributed by atoms with Gasteiger partial charge < -0.3 is 4.42 Å². The molecule has 11 heavy (non-hydrogen) atoms. The second-order valence-electron chi connectivity index (χ2n) is 3.34. The van der Waals surface area contributed by atoms with Gasteiger partial charge in [0.05, 0.1) is 0 Å². The zero-order valence-corrected chi connectivity index (χ0v) is 8.77. The SMILES string of the molecule is CC(C)(C)c1oc(F)nc1I. The van der Waals surface area contributed by atoms with E-state index in [0.717, 1.165) is 0 Å². The zero-order chi connectivity index (χ0) is 8.65. The summed E-state index contributed by atoms with van der Waals surface area (Å²) in [6, 6.07) is 0. The summed E-state index contributed by atoms with van der Waals surface area (Å²) in [5.41, 5.74) is -0.173. The minimum atomic E-state index is -0.751. The molecule has 4 heteroatoms. The Hall–Kier alpha value is -0.130. The van der Waals surface area contributed by atoms with E-state index in [1.807, 2.05) is 43.4 Å². The number of rotatable bonds is 0. The molecule has 1 aromatic heterocycles. The van der Waals surface area contributed by atoms with Gasteiger partial charge in [-0.3, -0.25) is 0 Å². The zero-order valence-electron chi connectivity index (χ0n) is 6.61. The highest BCUT2D eigenvalue weighted by molar-refractivity contribution is 14.1. The lowest BCUT2D eigenvalue weighted by molar-refractivity contribution is 0.289. The third-order valence-electron chi connectivity index (χ3n) is 1.24. The molecule has 0 aromatic carbocycles. The Kier molecular flexibility index (Phi) is 2.22. The Morgan fingerprint density at radius 3 is 2.18 bits per heavy atom. The van der Waals surface area contributed by atoms with Gasteiger partial charge in [-0.1, -0.05) is 20.8 Å². The second-order valence-corrected chi connectivity index (χ2v) is 4.36. The normalized spacial score (nSPS) is 12.1. The van der Waals surface area contributed by atoms with E-state index in [1.54, 1.807) is 0 Å². The smallest absolute Gasteiger partial charge is 0.382 e. The molecule has 1 heterocycles. The monoisotopic (exact) mass is 269 g/mol. The standard InChI is InChI=1S/C7H9FINO/c1-7(2,3)4-5(9)10-6(8)11-4/h1-3H3. The van der Waals surface area contributed by atoms with Crippen LogP contribution in [0.15, 0.2) is 4.42 Å². The molecule has 62 valence electrons. The van der Waals surface area contributed by atoms with E-state index in [2.05, 4.69) is 4.98 Å². The van der Waals surface area contributed by atoms with E-state index in [-0.39, 0.29) is 5.41 Å². The van der Waals surface area contributed by atoms with Crippen LogP contribution in [-0.4, -0.2) is 4.98 Å². The lowest BCUT2D eigenvalue weighted by Crippen LogP contribution is -2.11. The Bertz CT molecular complexity index is 264. The topological polar surface area (TPSA) is 26.0 Å². The van der Waals surface area contributed by atoms with Crippen molar-refractivity contribution in [3.05, 3.63) is 15.6 Å². The molecule has 0 aliphatic rings. The van der Waals surface area contributed by atoms with Crippen molar-refractivity contribution in [3.63, 3.8) is 0 Å². The highest BCUT2D eigenvalue weighted by Gasteiger charge is 2.23. The van der Waals surface area contributed by atoms with Crippen molar-refractivity contribution in [3.8, 4) is 0 Å². The van der Waals surface area contributed by atoms with Gasteiger partial charge in [-0.05, 0) is 22.6 Å². The van der Waals surface area contributed by atoms with Crippen LogP contribution >= 0.6 is 22.6 Å². The molecule has 0 aliphatic heterocycles. The summed E-state index contributed by atoms with van der Waals surface area (Å²) in [7, 11) is 0. The quantitative estimate of drug-likeness (QED) is 0.677. The van der Waals surface area contributed by atoms with Gasteiger partial charge in [0.15, 0.2) is 0 Å². The van der Waals surface area contributed by atoms with Gasteiger partial charge in [-0.15, -0.1) is 4.39 Å². The van der Waals surface area contributed by atoms with Crippen molar-refractivity contribution in [2.45, 2.75) is 26.2 Å². The van der Waals surface area contributed by atoms with E-state index in [9.17, 15) is 4.39 Å². The molecule has 1 aromatic rings. The van der Waals surface area contributed by atoms with Crippen molar-refractivity contribution in [1.29, 1.82) is 0 Å². The second kappa shape index (κ2) is 2.73. The third-order valence-corrected chi connectivity index (χ3v) is 1.97. The molecule has 0 atom stereocenters. The van der Waals surface area contributed by atoms with Gasteiger partial charge in [-0.25, -0.2) is 0 Å². The lowest BCUT2D eigenvalue weighted by atomic mass is 9.94. The molecule has 1 rings (SSSR count). The maximum atomic E-state index is 12.4. The summed E-state index contributed by atoms with van der Waals surface area (Å²) in [4.78, 5) is 3.53. The molecule has 2 nitrogen and oxygen atoms in total. The van der Waals surface area contributed by atoms with Crippen molar-refractivity contribution in [1.82, 2.24) is 4.98 Å². The van der Waals surface area contributed by atoms with E-state index in [0.29, 0.717) is 9.46 Å². The maximum Gasteiger partial charge on any atom is 0.382 e. The molecule has 0 unspecified atom stereocenters. The van der Waals surface area contributed by atoms with Crippen LogP contribution in [0.2, 0.25) is 0 Å². The van der Waals surface area contributed by atoms with Crippen LogP contribution < -0.4 is 0 Å². The number of hydrogen-bond acceptors (Lipinski definition) is 2. The van der Waals surface area contributed by atoms with Gasteiger partial charge in [-0.2, -0.15) is 4.98 Å². The van der Waals surface area contributed by atoms with Gasteiger partial charge in [0.1, 0.15) is 9.46 Å². The van der Waals surface area contributed by atoms with E-state index < -0.39 is 6.14 Å². The van der Waals surface area contributed by atoms with E-state index >= 15 is 0 Å². The van der Waals surface area contributed by atoms with Crippen LogP contribution in [-0.2, 0) is 5.41 Å². The average Bonchev–Trinajstić information content (AvgIpc) is 2.08. The van der Waals surface area contributed by atoms with Crippen LogP contribution in [0.1, 0.15) is 26.5 Å². The van der Waals surface area contributed by atoms with Gasteiger partial charge in [0.25, 0.3) is 0 Å². The largest absolute Gasteiger partial charge is 0.418 e. The highest BCUT2D eigenvalue weighted by atomic mass is 127. The first-order valence-corrected chi connectivity index (χ1v) is 4.31. The predicted octanol–water partition coefficient (Wildman–Crippen LogP) is 2.72. The first-order valence-electron chi connectivity index (χ1n) is 3.23. The highest BCUT2D eigenvalue weighted by Crippen LogP contribution is 2.26. The van der Waals surface area contributed by atoms with Crippen molar-refractivity contribution < 1.29 is 8.81 Å². The van der Waals surface area contributed by atoms with Crippen LogP contribution in [0.3, 0.4) is 0 Å². The van der Waals surface area contributed by atoms with E-state index in [4.69, 9.17) is 4.42 Å². The molecule has 0 saturated heterocycles. The Morgan fingerprint density at radius 2 is 2.00 bits per heavy atom. The number of aromatic nitrogens is 1. The molecule has 0 aliphatic carbocycles. The summed E-state index contributed by atoms with van der Waals surface area (Å²) in [6.07, 6.45) is -0.751. The Labute approximate surface area is 78.3 Å². The van der Waals surface area contributed by atoms with Gasteiger partial charge >= 0.3 is 6.14 Å². The summed E-state index contributed by atoms with van der Waals surface area (Å²) in [6.45, 7) is 5.86. The van der Waals surface area contributed by atoms with Crippen molar-refractivity contribution in [2.24, 2.45) is 0 Å². The predicted molar refractivity (Wildman–Crippen MR) is 47.9 cm³/mol. The molecular weight excluding hydrogens is 260 g/mol. The fourth-order valence-electron chi connectivity index (χ4n) is 0.740. The Balaban J connectivity index is 3.13. The van der Waals surface area contributed by atoms with Gasteiger partial charge in [0.2, 0.25) is 0 Å². The first kappa shape index (κ1) is 8.96. The van der Waals surface area contributed by atoms with Crippen LogP contribution in [0, 0.1) is 9.85 Å². The molecule has 0 spiro atoms. The fourth-order valence-corrected chi connectivity index (χ4v) is 1.85. The molecule has 0 saturated carbocycles. The average molecular weight is 269 g/mol. The summed E-state index contributed by atoms with van der Waals surface area (Å²) >= 11 is 1.96. The van der Waals surface area contributed by atoms with Crippen molar-refractivity contribution >= 4 is 22.6 Å². The minimum Gasteiger partial charge on any atom is -0.418 e. The minimum absolute atomic E-state index is 0.173. The number of nitrogens with zero attached hydrogens (tertiary/aromatic N) is 1. The van der Waals surface area contributed by atoms with E-state index in [1.165, 1.54) is 0 Å². The molecule has 0 bridgehead atoms. The molecule has 0 N–H and O–H groups in total. The van der Waals surface area contributed by atoms with Gasteiger partial charge in [0, 0.05) is 5.41 Å². The first-order chi connectivity index (χ1) is 4.91. The molecule has 0 amide bonds. The molecule has 0 fully saturated rings. The number of halogens is 2.